The van der Waals surface area contributed by atoms with Gasteiger partial charge in [-0.25, -0.2) is 4.79 Å². The summed E-state index contributed by atoms with van der Waals surface area (Å²) in [7, 11) is 1.14. The van der Waals surface area contributed by atoms with Gasteiger partial charge in [-0.1, -0.05) is 24.3 Å². The first-order valence-electron chi connectivity index (χ1n) is 11.6. The second-order valence-electron chi connectivity index (χ2n) is 8.96. The van der Waals surface area contributed by atoms with Crippen LogP contribution in [0, 0.1) is 13.8 Å². The van der Waals surface area contributed by atoms with E-state index in [1.165, 1.54) is 25.8 Å². The molecule has 0 bridgehead atoms. The zero-order valence-corrected chi connectivity index (χ0v) is 20.9. The van der Waals surface area contributed by atoms with E-state index >= 15 is 0 Å². The smallest absolute Gasteiger partial charge is 0.344 e. The summed E-state index contributed by atoms with van der Waals surface area (Å²) >= 11 is 0. The number of methoxy groups -OCH3 is 1. The Morgan fingerprint density at radius 2 is 1.79 bits per heavy atom. The first-order valence-corrected chi connectivity index (χ1v) is 13.0. The Bertz CT molecular complexity index is 1270. The van der Waals surface area contributed by atoms with Crippen molar-refractivity contribution in [2.24, 2.45) is 0 Å². The SMILES string of the molecule is COc1ccc2c(c1)CCC2OC(=O)COc1c(C)cc([SH]2C(C)=Cc3ccccc32)cc1C. The Kier molecular flexibility index (Phi) is 6.13. The van der Waals surface area contributed by atoms with Crippen LogP contribution >= 0.6 is 10.9 Å². The molecule has 0 aromatic heterocycles. The quantitative estimate of drug-likeness (QED) is 0.318. The molecule has 3 aromatic carbocycles. The lowest BCUT2D eigenvalue weighted by atomic mass is 10.1. The van der Waals surface area contributed by atoms with Crippen molar-refractivity contribution in [1.82, 2.24) is 0 Å². The fourth-order valence-electron chi connectivity index (χ4n) is 5.05. The molecular formula is C29H30O4S. The third-order valence-electron chi connectivity index (χ3n) is 6.58. The molecule has 34 heavy (non-hydrogen) atoms. The average molecular weight is 475 g/mol. The molecule has 1 aliphatic heterocycles. The Balaban J connectivity index is 1.27. The van der Waals surface area contributed by atoms with Gasteiger partial charge in [0.1, 0.15) is 17.6 Å². The highest BCUT2D eigenvalue weighted by atomic mass is 32.2. The van der Waals surface area contributed by atoms with Crippen LogP contribution in [-0.2, 0) is 16.0 Å². The van der Waals surface area contributed by atoms with Crippen LogP contribution in [-0.4, -0.2) is 19.7 Å². The fourth-order valence-corrected chi connectivity index (χ4v) is 7.66. The van der Waals surface area contributed by atoms with E-state index in [2.05, 4.69) is 49.4 Å². The number of esters is 1. The zero-order chi connectivity index (χ0) is 23.8. The van der Waals surface area contributed by atoms with Crippen molar-refractivity contribution in [2.75, 3.05) is 13.7 Å². The van der Waals surface area contributed by atoms with E-state index < -0.39 is 10.9 Å². The molecule has 0 saturated carbocycles. The summed E-state index contributed by atoms with van der Waals surface area (Å²) in [4.78, 5) is 16.7. The lowest BCUT2D eigenvalue weighted by Crippen LogP contribution is -2.18. The second kappa shape index (κ2) is 9.22. The maximum absolute atomic E-state index is 12.6. The van der Waals surface area contributed by atoms with Crippen LogP contribution in [0.25, 0.3) is 6.08 Å². The van der Waals surface area contributed by atoms with Gasteiger partial charge in [0.05, 0.1) is 7.11 Å². The number of aryl methyl sites for hydroxylation is 3. The standard InChI is InChI=1S/C29H30O4S/c1-18-13-24(34-20(3)15-22-7-5-6-8-27(22)34)14-19(2)29(18)32-17-28(30)33-26-12-9-21-16-23(31-4)10-11-25(21)26/h5-8,10-11,13-16,26,34H,9,12,17H2,1-4H3. The molecule has 0 saturated heterocycles. The number of carbonyl (C=O) groups excluding carboxylic acids is 1. The average Bonchev–Trinajstić information content (AvgIpc) is 3.37. The molecule has 4 nitrogen and oxygen atoms in total. The van der Waals surface area contributed by atoms with Crippen molar-refractivity contribution in [3.05, 3.63) is 87.3 Å². The summed E-state index contributed by atoms with van der Waals surface area (Å²) in [6, 6.07) is 19.0. The molecule has 0 radical (unpaired) electrons. The molecule has 5 heteroatoms. The van der Waals surface area contributed by atoms with E-state index in [0.29, 0.717) is 0 Å². The maximum atomic E-state index is 12.6. The molecule has 2 atom stereocenters. The number of fused-ring (bicyclic) bond motifs is 2. The van der Waals surface area contributed by atoms with Crippen molar-refractivity contribution in [3.63, 3.8) is 0 Å². The number of thiol groups is 1. The summed E-state index contributed by atoms with van der Waals surface area (Å²) < 4.78 is 17.0. The molecule has 0 fully saturated rings. The third kappa shape index (κ3) is 4.21. The van der Waals surface area contributed by atoms with E-state index in [0.717, 1.165) is 41.0 Å². The van der Waals surface area contributed by atoms with Gasteiger partial charge in [0.15, 0.2) is 6.61 Å². The second-order valence-corrected chi connectivity index (χ2v) is 11.3. The summed E-state index contributed by atoms with van der Waals surface area (Å²) in [5, 5.41) is 0. The van der Waals surface area contributed by atoms with Gasteiger partial charge in [0.2, 0.25) is 0 Å². The molecule has 0 N–H and O–H groups in total. The molecule has 0 spiro atoms. The predicted molar refractivity (Wildman–Crippen MR) is 137 cm³/mol. The van der Waals surface area contributed by atoms with Crippen molar-refractivity contribution in [2.45, 2.75) is 49.5 Å². The van der Waals surface area contributed by atoms with Gasteiger partial charge >= 0.3 is 5.97 Å². The zero-order valence-electron chi connectivity index (χ0n) is 20.1. The van der Waals surface area contributed by atoms with Crippen LogP contribution in [0.2, 0.25) is 0 Å². The van der Waals surface area contributed by atoms with Gasteiger partial charge in [-0.05, 0) is 108 Å². The molecule has 3 aromatic rings. The minimum atomic E-state index is -0.517. The number of hydrogen-bond acceptors (Lipinski definition) is 4. The largest absolute Gasteiger partial charge is 0.497 e. The number of hydrogen-bond donors (Lipinski definition) is 1. The highest BCUT2D eigenvalue weighted by Crippen LogP contribution is 2.57. The summed E-state index contributed by atoms with van der Waals surface area (Å²) in [6.45, 7) is 6.22. The number of ether oxygens (including phenoxy) is 3. The van der Waals surface area contributed by atoms with E-state index in [4.69, 9.17) is 14.2 Å². The highest BCUT2D eigenvalue weighted by molar-refractivity contribution is 8.20. The summed E-state index contributed by atoms with van der Waals surface area (Å²) in [6.07, 6.45) is 3.74. The van der Waals surface area contributed by atoms with Gasteiger partial charge in [-0.2, -0.15) is 10.9 Å². The highest BCUT2D eigenvalue weighted by Gasteiger charge is 2.27. The van der Waals surface area contributed by atoms with Gasteiger partial charge in [-0.3, -0.25) is 0 Å². The van der Waals surface area contributed by atoms with Crippen LogP contribution in [0.1, 0.15) is 47.3 Å². The molecular weight excluding hydrogens is 444 g/mol. The summed E-state index contributed by atoms with van der Waals surface area (Å²) in [5.74, 6) is 1.25. The van der Waals surface area contributed by atoms with Crippen LogP contribution < -0.4 is 9.47 Å². The monoisotopic (exact) mass is 474 g/mol. The Hall–Kier alpha value is -3.18. The minimum Gasteiger partial charge on any atom is -0.497 e. The van der Waals surface area contributed by atoms with Crippen molar-refractivity contribution in [3.8, 4) is 11.5 Å². The Labute approximate surface area is 203 Å². The molecule has 5 rings (SSSR count). The Morgan fingerprint density at radius 1 is 1.03 bits per heavy atom. The van der Waals surface area contributed by atoms with Gasteiger partial charge in [0.25, 0.3) is 0 Å². The molecule has 2 aliphatic rings. The third-order valence-corrected chi connectivity index (χ3v) is 9.08. The first kappa shape index (κ1) is 22.6. The molecule has 176 valence electrons. The molecule has 0 amide bonds. The first-order chi connectivity index (χ1) is 16.4. The van der Waals surface area contributed by atoms with Crippen molar-refractivity contribution < 1.29 is 19.0 Å². The number of benzene rings is 3. The fraction of sp³-hybridized carbons (Fsp3) is 0.276. The van der Waals surface area contributed by atoms with Gasteiger partial charge in [0, 0.05) is 4.90 Å². The van der Waals surface area contributed by atoms with Crippen LogP contribution in [0.4, 0.5) is 0 Å². The van der Waals surface area contributed by atoms with Crippen LogP contribution in [0.15, 0.2) is 69.3 Å². The number of rotatable bonds is 6. The number of allylic oxidation sites excluding steroid dienone is 1. The lowest BCUT2D eigenvalue weighted by molar-refractivity contribution is -0.151. The molecule has 1 aliphatic carbocycles. The van der Waals surface area contributed by atoms with Crippen LogP contribution in [0.5, 0.6) is 11.5 Å². The van der Waals surface area contributed by atoms with E-state index in [1.807, 2.05) is 32.0 Å². The predicted octanol–water partition coefficient (Wildman–Crippen LogP) is 6.72. The Morgan fingerprint density at radius 3 is 2.56 bits per heavy atom. The molecule has 2 unspecified atom stereocenters. The van der Waals surface area contributed by atoms with Crippen LogP contribution in [0.3, 0.4) is 0 Å². The minimum absolute atomic E-state index is 0.0977. The number of carbonyl (C=O) groups is 1. The topological polar surface area (TPSA) is 44.8 Å². The molecule has 1 heterocycles. The van der Waals surface area contributed by atoms with Gasteiger partial charge < -0.3 is 14.2 Å². The normalized spacial score (nSPS) is 19.2. The van der Waals surface area contributed by atoms with Crippen molar-refractivity contribution >= 4 is 22.9 Å². The van der Waals surface area contributed by atoms with E-state index in [9.17, 15) is 4.79 Å². The maximum Gasteiger partial charge on any atom is 0.344 e. The summed E-state index contributed by atoms with van der Waals surface area (Å²) in [5.41, 5.74) is 5.64. The van der Waals surface area contributed by atoms with E-state index in [1.54, 1.807) is 7.11 Å². The van der Waals surface area contributed by atoms with Gasteiger partial charge in [-0.15, -0.1) is 0 Å². The van der Waals surface area contributed by atoms with Crippen molar-refractivity contribution in [1.29, 1.82) is 0 Å². The van der Waals surface area contributed by atoms with E-state index in [-0.39, 0.29) is 18.7 Å². The lowest BCUT2D eigenvalue weighted by Gasteiger charge is -2.22.